The molecule has 0 saturated carbocycles. The fourth-order valence-corrected chi connectivity index (χ4v) is 3.61. The number of likely N-dealkylation sites (tertiary alicyclic amines) is 1. The van der Waals surface area contributed by atoms with Crippen molar-refractivity contribution < 1.29 is 14.3 Å². The minimum atomic E-state index is -0.472. The summed E-state index contributed by atoms with van der Waals surface area (Å²) in [6.07, 6.45) is 2.96. The maximum Gasteiger partial charge on any atom is 0.410 e. The number of hydrogen-bond acceptors (Lipinski definition) is 4. The molecule has 1 N–H and O–H groups in total. The molecule has 2 saturated heterocycles. The Kier molecular flexibility index (Phi) is 9.61. The van der Waals surface area contributed by atoms with Crippen LogP contribution in [0.4, 0.5) is 4.79 Å². The zero-order chi connectivity index (χ0) is 19.2. The maximum atomic E-state index is 12.3. The highest BCUT2D eigenvalue weighted by molar-refractivity contribution is 14.0. The number of hydrogen-bond donors (Lipinski definition) is 1. The zero-order valence-corrected chi connectivity index (χ0v) is 19.9. The fraction of sp³-hybridized carbons (Fsp3) is 0.895. The molecule has 2 heterocycles. The Morgan fingerprint density at radius 2 is 2.07 bits per heavy atom. The lowest BCUT2D eigenvalue weighted by molar-refractivity contribution is 0.0253. The standard InChI is InChI=1S/C19H36N4O3.HI/c1-6-10-22(17(24)26-18(2,3)4)12-9-21-16(20-5)23-11-7-19(14-23)8-13-25-15-19;/h6-15H2,1-5H3,(H,20,21);1H. The molecule has 1 unspecified atom stereocenters. The molecule has 7 nitrogen and oxygen atoms in total. The van der Waals surface area contributed by atoms with E-state index in [4.69, 9.17) is 9.47 Å². The molecule has 0 radical (unpaired) electrons. The lowest BCUT2D eigenvalue weighted by Crippen LogP contribution is -2.46. The normalized spacial score (nSPS) is 22.7. The van der Waals surface area contributed by atoms with Crippen LogP contribution in [0.3, 0.4) is 0 Å². The second-order valence-corrected chi connectivity index (χ2v) is 8.42. The third kappa shape index (κ3) is 7.29. The Morgan fingerprint density at radius 3 is 2.63 bits per heavy atom. The Bertz CT molecular complexity index is 502. The first-order valence-electron chi connectivity index (χ1n) is 9.80. The molecule has 0 bridgehead atoms. The molecule has 2 fully saturated rings. The average molecular weight is 496 g/mol. The first kappa shape index (κ1) is 24.3. The van der Waals surface area contributed by atoms with Crippen LogP contribution < -0.4 is 5.32 Å². The van der Waals surface area contributed by atoms with Crippen molar-refractivity contribution in [2.75, 3.05) is 53.0 Å². The zero-order valence-electron chi connectivity index (χ0n) is 17.5. The molecule has 0 aromatic rings. The van der Waals surface area contributed by atoms with Gasteiger partial charge in [-0.3, -0.25) is 4.99 Å². The van der Waals surface area contributed by atoms with E-state index in [0.717, 1.165) is 51.5 Å². The number of ether oxygens (including phenoxy) is 2. The molecule has 8 heteroatoms. The molecule has 2 aliphatic heterocycles. The number of amides is 1. The second kappa shape index (κ2) is 10.7. The van der Waals surface area contributed by atoms with Gasteiger partial charge in [-0.2, -0.15) is 0 Å². The summed E-state index contributed by atoms with van der Waals surface area (Å²) in [4.78, 5) is 20.8. The number of aliphatic imine (C=N–C) groups is 1. The molecule has 158 valence electrons. The van der Waals surface area contributed by atoms with Gasteiger partial charge >= 0.3 is 6.09 Å². The third-order valence-corrected chi connectivity index (χ3v) is 4.94. The van der Waals surface area contributed by atoms with Gasteiger partial charge in [0.2, 0.25) is 0 Å². The van der Waals surface area contributed by atoms with Gasteiger partial charge in [0.15, 0.2) is 5.96 Å². The van der Waals surface area contributed by atoms with E-state index in [1.807, 2.05) is 27.8 Å². The van der Waals surface area contributed by atoms with Crippen molar-refractivity contribution in [2.24, 2.45) is 10.4 Å². The molecule has 2 rings (SSSR count). The molecule has 0 aliphatic carbocycles. The molecular formula is C19H37IN4O3. The number of nitrogens with zero attached hydrogens (tertiary/aromatic N) is 3. The molecule has 1 spiro atoms. The Balaban J connectivity index is 0.00000364. The van der Waals surface area contributed by atoms with Crippen molar-refractivity contribution >= 4 is 36.0 Å². The number of halogens is 1. The van der Waals surface area contributed by atoms with E-state index in [9.17, 15) is 4.79 Å². The molecular weight excluding hydrogens is 459 g/mol. The number of carbonyl (C=O) groups excluding carboxylic acids is 1. The van der Waals surface area contributed by atoms with Crippen LogP contribution in [0.5, 0.6) is 0 Å². The topological polar surface area (TPSA) is 66.4 Å². The summed E-state index contributed by atoms with van der Waals surface area (Å²) in [6, 6.07) is 0. The van der Waals surface area contributed by atoms with E-state index in [1.165, 1.54) is 0 Å². The largest absolute Gasteiger partial charge is 0.444 e. The van der Waals surface area contributed by atoms with Crippen molar-refractivity contribution in [3.8, 4) is 0 Å². The number of carbonyl (C=O) groups is 1. The van der Waals surface area contributed by atoms with E-state index in [0.29, 0.717) is 25.0 Å². The summed E-state index contributed by atoms with van der Waals surface area (Å²) >= 11 is 0. The van der Waals surface area contributed by atoms with Crippen LogP contribution in [0.2, 0.25) is 0 Å². The van der Waals surface area contributed by atoms with E-state index in [-0.39, 0.29) is 30.1 Å². The third-order valence-electron chi connectivity index (χ3n) is 4.94. The summed E-state index contributed by atoms with van der Waals surface area (Å²) in [6.45, 7) is 13.4. The highest BCUT2D eigenvalue weighted by atomic mass is 127. The van der Waals surface area contributed by atoms with Gasteiger partial charge in [0.1, 0.15) is 5.60 Å². The summed E-state index contributed by atoms with van der Waals surface area (Å²) < 4.78 is 11.1. The van der Waals surface area contributed by atoms with Crippen LogP contribution in [0.15, 0.2) is 4.99 Å². The first-order valence-corrected chi connectivity index (χ1v) is 9.80. The highest BCUT2D eigenvalue weighted by Crippen LogP contribution is 2.38. The minimum absolute atomic E-state index is 0. The van der Waals surface area contributed by atoms with Crippen molar-refractivity contribution in [3.63, 3.8) is 0 Å². The number of nitrogens with one attached hydrogen (secondary N) is 1. The van der Waals surface area contributed by atoms with Crippen molar-refractivity contribution in [1.29, 1.82) is 0 Å². The highest BCUT2D eigenvalue weighted by Gasteiger charge is 2.42. The molecule has 27 heavy (non-hydrogen) atoms. The quantitative estimate of drug-likeness (QED) is 0.360. The van der Waals surface area contributed by atoms with Gasteiger partial charge in [-0.05, 0) is 40.0 Å². The van der Waals surface area contributed by atoms with Crippen LogP contribution in [0.1, 0.15) is 47.0 Å². The van der Waals surface area contributed by atoms with Gasteiger partial charge in [-0.25, -0.2) is 4.79 Å². The van der Waals surface area contributed by atoms with Crippen molar-refractivity contribution in [2.45, 2.75) is 52.6 Å². The summed E-state index contributed by atoms with van der Waals surface area (Å²) in [5.41, 5.74) is -0.165. The SMILES string of the molecule is CCCN(CCNC(=NC)N1CCC2(CCOC2)C1)C(=O)OC(C)(C)C.I. The summed E-state index contributed by atoms with van der Waals surface area (Å²) in [5, 5.41) is 3.41. The molecule has 2 aliphatic rings. The van der Waals surface area contributed by atoms with E-state index >= 15 is 0 Å². The van der Waals surface area contributed by atoms with Crippen LogP contribution in [0, 0.1) is 5.41 Å². The summed E-state index contributed by atoms with van der Waals surface area (Å²) in [7, 11) is 1.82. The smallest absolute Gasteiger partial charge is 0.410 e. The molecule has 0 aromatic heterocycles. The molecule has 0 aromatic carbocycles. The van der Waals surface area contributed by atoms with Gasteiger partial charge in [-0.1, -0.05) is 6.92 Å². The maximum absolute atomic E-state index is 12.3. The predicted molar refractivity (Wildman–Crippen MR) is 119 cm³/mol. The van der Waals surface area contributed by atoms with Crippen LogP contribution in [-0.4, -0.2) is 80.4 Å². The van der Waals surface area contributed by atoms with E-state index < -0.39 is 5.60 Å². The van der Waals surface area contributed by atoms with Crippen LogP contribution >= 0.6 is 24.0 Å². The van der Waals surface area contributed by atoms with Crippen molar-refractivity contribution in [1.82, 2.24) is 15.1 Å². The monoisotopic (exact) mass is 496 g/mol. The Hall–Kier alpha value is -0.770. The summed E-state index contributed by atoms with van der Waals surface area (Å²) in [5.74, 6) is 0.911. The van der Waals surface area contributed by atoms with Gasteiger partial charge in [-0.15, -0.1) is 24.0 Å². The van der Waals surface area contributed by atoms with E-state index in [2.05, 4.69) is 22.1 Å². The lowest BCUT2D eigenvalue weighted by Gasteiger charge is -2.28. The first-order chi connectivity index (χ1) is 12.3. The van der Waals surface area contributed by atoms with Gasteiger partial charge < -0.3 is 24.6 Å². The number of guanidine groups is 1. The average Bonchev–Trinajstić information content (AvgIpc) is 3.19. The fourth-order valence-electron chi connectivity index (χ4n) is 3.61. The second-order valence-electron chi connectivity index (χ2n) is 8.42. The van der Waals surface area contributed by atoms with Crippen LogP contribution in [-0.2, 0) is 9.47 Å². The molecule has 1 amide bonds. The Morgan fingerprint density at radius 1 is 1.33 bits per heavy atom. The Labute approximate surface area is 181 Å². The lowest BCUT2D eigenvalue weighted by atomic mass is 9.87. The van der Waals surface area contributed by atoms with Gasteiger partial charge in [0.25, 0.3) is 0 Å². The molecule has 1 atom stereocenters. The van der Waals surface area contributed by atoms with Crippen molar-refractivity contribution in [3.05, 3.63) is 0 Å². The van der Waals surface area contributed by atoms with E-state index in [1.54, 1.807) is 4.90 Å². The minimum Gasteiger partial charge on any atom is -0.444 e. The predicted octanol–water partition coefficient (Wildman–Crippen LogP) is 2.94. The number of rotatable bonds is 5. The van der Waals surface area contributed by atoms with Gasteiger partial charge in [0, 0.05) is 51.8 Å². The van der Waals surface area contributed by atoms with Gasteiger partial charge in [0.05, 0.1) is 6.61 Å². The van der Waals surface area contributed by atoms with Crippen LogP contribution in [0.25, 0.3) is 0 Å².